The summed E-state index contributed by atoms with van der Waals surface area (Å²) < 4.78 is 10.7. The Balaban J connectivity index is 0. The first-order valence-corrected chi connectivity index (χ1v) is 8.45. The fourth-order valence-corrected chi connectivity index (χ4v) is 1.74. The van der Waals surface area contributed by atoms with E-state index in [4.69, 9.17) is 9.47 Å². The van der Waals surface area contributed by atoms with Gasteiger partial charge in [-0.05, 0) is 37.1 Å². The first kappa shape index (κ1) is 29.1. The van der Waals surface area contributed by atoms with Crippen LogP contribution in [0.2, 0.25) is 0 Å². The van der Waals surface area contributed by atoms with Crippen LogP contribution in [0.25, 0.3) is 0 Å². The van der Waals surface area contributed by atoms with Gasteiger partial charge < -0.3 is 19.7 Å². The van der Waals surface area contributed by atoms with Crippen molar-refractivity contribution >= 4 is 0 Å². The van der Waals surface area contributed by atoms with E-state index in [0.29, 0.717) is 0 Å². The van der Waals surface area contributed by atoms with Crippen LogP contribution < -0.4 is 122 Å². The fourth-order valence-electron chi connectivity index (χ4n) is 1.74. The minimum atomic E-state index is 0. The SMILES string of the molecule is CCCCOc1ccc([O-])cc1.CCCCOc1ccc([O-])cc1.[K+].[K+]. The van der Waals surface area contributed by atoms with Crippen LogP contribution in [0.15, 0.2) is 48.5 Å². The maximum absolute atomic E-state index is 10.7. The summed E-state index contributed by atoms with van der Waals surface area (Å²) in [5.41, 5.74) is 0. The van der Waals surface area contributed by atoms with E-state index in [1.165, 1.54) is 24.3 Å². The number of hydrogen-bond donors (Lipinski definition) is 0. The van der Waals surface area contributed by atoms with Crippen LogP contribution in [-0.2, 0) is 0 Å². The van der Waals surface area contributed by atoms with E-state index in [9.17, 15) is 10.2 Å². The van der Waals surface area contributed by atoms with Crippen molar-refractivity contribution in [3.05, 3.63) is 48.5 Å². The Bertz CT molecular complexity index is 493. The first-order valence-electron chi connectivity index (χ1n) is 8.45. The van der Waals surface area contributed by atoms with Gasteiger partial charge >= 0.3 is 103 Å². The van der Waals surface area contributed by atoms with Crippen molar-refractivity contribution in [1.29, 1.82) is 0 Å². The molecule has 0 aliphatic rings. The van der Waals surface area contributed by atoms with E-state index in [1.54, 1.807) is 24.3 Å². The van der Waals surface area contributed by atoms with E-state index >= 15 is 0 Å². The molecular weight excluding hydrogens is 382 g/mol. The zero-order valence-corrected chi connectivity index (χ0v) is 22.7. The molecule has 0 N–H and O–H groups in total. The Morgan fingerprint density at radius 2 is 0.923 bits per heavy atom. The third kappa shape index (κ3) is 14.9. The van der Waals surface area contributed by atoms with E-state index in [1.807, 2.05) is 0 Å². The van der Waals surface area contributed by atoms with Gasteiger partial charge in [0.15, 0.2) is 0 Å². The van der Waals surface area contributed by atoms with Gasteiger partial charge in [0.05, 0.1) is 13.2 Å². The standard InChI is InChI=1S/2C10H14O2.2K/c2*1-2-3-8-12-10-6-4-9(11)5-7-10;;/h2*4-7,11H,2-3,8H2,1H3;;/q;;2*+1/p-2. The molecule has 6 heteroatoms. The molecule has 0 atom stereocenters. The fraction of sp³-hybridized carbons (Fsp3) is 0.400. The molecule has 0 aliphatic heterocycles. The van der Waals surface area contributed by atoms with Crippen molar-refractivity contribution in [1.82, 2.24) is 0 Å². The van der Waals surface area contributed by atoms with Crippen molar-refractivity contribution in [2.24, 2.45) is 0 Å². The molecule has 0 heterocycles. The molecular formula is C20H26K2O4. The second-order valence-corrected chi connectivity index (χ2v) is 5.35. The quantitative estimate of drug-likeness (QED) is 0.370. The topological polar surface area (TPSA) is 64.6 Å². The molecule has 0 aromatic heterocycles. The van der Waals surface area contributed by atoms with E-state index in [0.717, 1.165) is 50.4 Å². The van der Waals surface area contributed by atoms with Gasteiger partial charge in [-0.25, -0.2) is 0 Å². The Hall–Kier alpha value is 0.913. The molecule has 0 spiro atoms. The molecule has 132 valence electrons. The van der Waals surface area contributed by atoms with Crippen LogP contribution in [-0.4, -0.2) is 13.2 Å². The number of ether oxygens (including phenoxy) is 2. The molecule has 2 aromatic carbocycles. The summed E-state index contributed by atoms with van der Waals surface area (Å²) in [6.45, 7) is 5.69. The van der Waals surface area contributed by atoms with Crippen molar-refractivity contribution in [2.75, 3.05) is 13.2 Å². The smallest absolute Gasteiger partial charge is 0.872 e. The van der Waals surface area contributed by atoms with E-state index in [-0.39, 0.29) is 114 Å². The van der Waals surface area contributed by atoms with Gasteiger partial charge in [-0.3, -0.25) is 0 Å². The normalized spacial score (nSPS) is 9.00. The Morgan fingerprint density at radius 1 is 0.615 bits per heavy atom. The van der Waals surface area contributed by atoms with Gasteiger partial charge in [-0.2, -0.15) is 0 Å². The molecule has 2 aromatic rings. The van der Waals surface area contributed by atoms with Gasteiger partial charge in [0, 0.05) is 0 Å². The van der Waals surface area contributed by atoms with Crippen LogP contribution in [0.1, 0.15) is 39.5 Å². The van der Waals surface area contributed by atoms with Gasteiger partial charge in [0.1, 0.15) is 11.5 Å². The second-order valence-electron chi connectivity index (χ2n) is 5.35. The maximum atomic E-state index is 10.7. The number of benzene rings is 2. The minimum absolute atomic E-state index is 0. The summed E-state index contributed by atoms with van der Waals surface area (Å²) in [5.74, 6) is 1.61. The summed E-state index contributed by atoms with van der Waals surface area (Å²) in [6.07, 6.45) is 4.36. The van der Waals surface area contributed by atoms with Crippen LogP contribution in [0.5, 0.6) is 23.0 Å². The summed E-state index contributed by atoms with van der Waals surface area (Å²) in [5, 5.41) is 21.4. The molecule has 26 heavy (non-hydrogen) atoms. The molecule has 0 aliphatic carbocycles. The summed E-state index contributed by atoms with van der Waals surface area (Å²) >= 11 is 0. The van der Waals surface area contributed by atoms with Crippen molar-refractivity contribution in [3.63, 3.8) is 0 Å². The Morgan fingerprint density at radius 3 is 1.19 bits per heavy atom. The maximum Gasteiger partial charge on any atom is 1.00 e. The molecule has 0 unspecified atom stereocenters. The minimum Gasteiger partial charge on any atom is -0.872 e. The van der Waals surface area contributed by atoms with Crippen molar-refractivity contribution < 1.29 is 122 Å². The van der Waals surface area contributed by atoms with Crippen LogP contribution >= 0.6 is 0 Å². The third-order valence-corrected chi connectivity index (χ3v) is 3.18. The van der Waals surface area contributed by atoms with Gasteiger partial charge in [-0.1, -0.05) is 51.0 Å². The van der Waals surface area contributed by atoms with Crippen LogP contribution in [0.4, 0.5) is 0 Å². The Labute approximate surface area is 242 Å². The predicted molar refractivity (Wildman–Crippen MR) is 92.6 cm³/mol. The molecule has 0 bridgehead atoms. The molecule has 0 saturated heterocycles. The molecule has 0 radical (unpaired) electrons. The van der Waals surface area contributed by atoms with Crippen LogP contribution in [0, 0.1) is 0 Å². The number of unbranched alkanes of at least 4 members (excludes halogenated alkanes) is 2. The van der Waals surface area contributed by atoms with Crippen molar-refractivity contribution in [3.8, 4) is 23.0 Å². The first-order chi connectivity index (χ1) is 11.7. The number of hydrogen-bond acceptors (Lipinski definition) is 4. The second kappa shape index (κ2) is 19.2. The summed E-state index contributed by atoms with van der Waals surface area (Å²) in [7, 11) is 0. The molecule has 4 nitrogen and oxygen atoms in total. The van der Waals surface area contributed by atoms with Gasteiger partial charge in [-0.15, -0.1) is 11.5 Å². The monoisotopic (exact) mass is 408 g/mol. The van der Waals surface area contributed by atoms with Gasteiger partial charge in [0.2, 0.25) is 0 Å². The van der Waals surface area contributed by atoms with E-state index < -0.39 is 0 Å². The zero-order valence-electron chi connectivity index (χ0n) is 16.5. The molecule has 2 rings (SSSR count). The molecule has 0 fully saturated rings. The number of rotatable bonds is 8. The predicted octanol–water partition coefficient (Wildman–Crippen LogP) is -2.11. The average Bonchev–Trinajstić information content (AvgIpc) is 2.59. The third-order valence-electron chi connectivity index (χ3n) is 3.18. The zero-order chi connectivity index (χ0) is 17.6. The Kier molecular flexibility index (Phi) is 21.5. The van der Waals surface area contributed by atoms with Gasteiger partial charge in [0.25, 0.3) is 0 Å². The van der Waals surface area contributed by atoms with Crippen molar-refractivity contribution in [2.45, 2.75) is 39.5 Å². The average molecular weight is 409 g/mol. The molecule has 0 amide bonds. The van der Waals surface area contributed by atoms with E-state index in [2.05, 4.69) is 13.8 Å². The summed E-state index contributed by atoms with van der Waals surface area (Å²) in [4.78, 5) is 0. The van der Waals surface area contributed by atoms with Crippen LogP contribution in [0.3, 0.4) is 0 Å². The largest absolute Gasteiger partial charge is 1.00 e. The molecule has 0 saturated carbocycles. The summed E-state index contributed by atoms with van der Waals surface area (Å²) in [6, 6.07) is 12.9.